The SMILES string of the molecule is COc1cc(NCC2CC(F)(F)C(=O)O2)c(Br)cc1Br. The molecule has 0 amide bonds. The summed E-state index contributed by atoms with van der Waals surface area (Å²) in [4.78, 5) is 10.9. The van der Waals surface area contributed by atoms with Crippen molar-refractivity contribution in [1.29, 1.82) is 0 Å². The Kier molecular flexibility index (Phi) is 4.53. The van der Waals surface area contributed by atoms with E-state index in [0.717, 1.165) is 8.95 Å². The predicted molar refractivity (Wildman–Crippen MR) is 76.3 cm³/mol. The van der Waals surface area contributed by atoms with Crippen molar-refractivity contribution < 1.29 is 23.0 Å². The first kappa shape index (κ1) is 15.5. The number of halogens is 4. The number of hydrogen-bond donors (Lipinski definition) is 1. The van der Waals surface area contributed by atoms with Gasteiger partial charge in [0, 0.05) is 10.5 Å². The van der Waals surface area contributed by atoms with Gasteiger partial charge < -0.3 is 14.8 Å². The van der Waals surface area contributed by atoms with E-state index >= 15 is 0 Å². The van der Waals surface area contributed by atoms with Crippen molar-refractivity contribution in [2.45, 2.75) is 18.4 Å². The summed E-state index contributed by atoms with van der Waals surface area (Å²) < 4.78 is 37.3. The monoisotopic (exact) mass is 413 g/mol. The summed E-state index contributed by atoms with van der Waals surface area (Å²) in [5.41, 5.74) is 0.663. The van der Waals surface area contributed by atoms with E-state index in [4.69, 9.17) is 4.74 Å². The minimum absolute atomic E-state index is 0.102. The molecule has 1 aliphatic heterocycles. The second-order valence-electron chi connectivity index (χ2n) is 4.28. The molecule has 1 atom stereocenters. The first-order valence-electron chi connectivity index (χ1n) is 5.69. The molecule has 0 aliphatic carbocycles. The van der Waals surface area contributed by atoms with E-state index in [2.05, 4.69) is 41.9 Å². The number of rotatable bonds is 4. The highest BCUT2D eigenvalue weighted by molar-refractivity contribution is 9.11. The smallest absolute Gasteiger partial charge is 0.377 e. The summed E-state index contributed by atoms with van der Waals surface area (Å²) in [5.74, 6) is -4.25. The van der Waals surface area contributed by atoms with Crippen LogP contribution in [0.2, 0.25) is 0 Å². The van der Waals surface area contributed by atoms with E-state index in [0.29, 0.717) is 11.4 Å². The normalized spacial score (nSPS) is 20.6. The molecule has 20 heavy (non-hydrogen) atoms. The fourth-order valence-electron chi connectivity index (χ4n) is 1.81. The van der Waals surface area contributed by atoms with E-state index in [1.807, 2.05) is 0 Å². The van der Waals surface area contributed by atoms with Gasteiger partial charge in [-0.1, -0.05) is 0 Å². The molecular weight excluding hydrogens is 404 g/mol. The van der Waals surface area contributed by atoms with Crippen molar-refractivity contribution in [2.75, 3.05) is 19.0 Å². The molecule has 1 aromatic carbocycles. The molecule has 0 spiro atoms. The number of benzene rings is 1. The van der Waals surface area contributed by atoms with Gasteiger partial charge in [0.05, 0.1) is 30.2 Å². The van der Waals surface area contributed by atoms with Crippen LogP contribution in [0.1, 0.15) is 6.42 Å². The number of carbonyl (C=O) groups excluding carboxylic acids is 1. The molecule has 1 saturated heterocycles. The maximum atomic E-state index is 13.0. The lowest BCUT2D eigenvalue weighted by Crippen LogP contribution is -2.22. The van der Waals surface area contributed by atoms with Crippen molar-refractivity contribution in [3.8, 4) is 5.75 Å². The molecule has 0 bridgehead atoms. The van der Waals surface area contributed by atoms with Gasteiger partial charge in [-0.25, -0.2) is 4.79 Å². The van der Waals surface area contributed by atoms with Crippen LogP contribution in [-0.4, -0.2) is 31.7 Å². The molecule has 1 N–H and O–H groups in total. The topological polar surface area (TPSA) is 47.6 Å². The lowest BCUT2D eigenvalue weighted by Gasteiger charge is -2.14. The van der Waals surface area contributed by atoms with Gasteiger partial charge in [0.15, 0.2) is 0 Å². The van der Waals surface area contributed by atoms with Crippen LogP contribution in [0.15, 0.2) is 21.1 Å². The van der Waals surface area contributed by atoms with E-state index in [1.165, 1.54) is 7.11 Å². The van der Waals surface area contributed by atoms with Crippen molar-refractivity contribution in [2.24, 2.45) is 0 Å². The van der Waals surface area contributed by atoms with Crippen LogP contribution in [0, 0.1) is 0 Å². The highest BCUT2D eigenvalue weighted by Crippen LogP contribution is 2.35. The molecular formula is C12H11Br2F2NO3. The van der Waals surface area contributed by atoms with Crippen LogP contribution in [0.25, 0.3) is 0 Å². The summed E-state index contributed by atoms with van der Waals surface area (Å²) in [6.07, 6.45) is -1.46. The number of esters is 1. The molecule has 1 fully saturated rings. The third kappa shape index (κ3) is 3.22. The van der Waals surface area contributed by atoms with Crippen LogP contribution in [0.5, 0.6) is 5.75 Å². The summed E-state index contributed by atoms with van der Waals surface area (Å²) in [7, 11) is 1.52. The van der Waals surface area contributed by atoms with Crippen LogP contribution in [-0.2, 0) is 9.53 Å². The zero-order valence-electron chi connectivity index (χ0n) is 10.4. The molecule has 0 aromatic heterocycles. The van der Waals surface area contributed by atoms with Gasteiger partial charge in [-0.15, -0.1) is 0 Å². The number of anilines is 1. The average Bonchev–Trinajstić information content (AvgIpc) is 2.62. The Morgan fingerprint density at radius 1 is 1.45 bits per heavy atom. The summed E-state index contributed by atoms with van der Waals surface area (Å²) in [6.45, 7) is 0.102. The average molecular weight is 415 g/mol. The third-order valence-corrected chi connectivity index (χ3v) is 4.09. The number of ether oxygens (including phenoxy) is 2. The standard InChI is InChI=1S/C12H11Br2F2NO3/c1-19-10-3-9(7(13)2-8(10)14)17-5-6-4-12(15,16)11(18)20-6/h2-3,6,17H,4-5H2,1H3. The van der Waals surface area contributed by atoms with Gasteiger partial charge in [0.1, 0.15) is 11.9 Å². The molecule has 1 aromatic rings. The molecule has 0 radical (unpaired) electrons. The summed E-state index contributed by atoms with van der Waals surface area (Å²) in [6, 6.07) is 3.49. The zero-order valence-corrected chi connectivity index (χ0v) is 13.6. The van der Waals surface area contributed by atoms with Crippen molar-refractivity contribution in [3.63, 3.8) is 0 Å². The third-order valence-electron chi connectivity index (χ3n) is 2.82. The fourth-order valence-corrected chi connectivity index (χ4v) is 3.10. The second kappa shape index (κ2) is 5.85. The number of nitrogens with one attached hydrogen (secondary N) is 1. The molecule has 1 unspecified atom stereocenters. The molecule has 1 heterocycles. The first-order chi connectivity index (χ1) is 9.33. The predicted octanol–water partition coefficient (Wildman–Crippen LogP) is 3.58. The lowest BCUT2D eigenvalue weighted by molar-refractivity contribution is -0.158. The maximum absolute atomic E-state index is 13.0. The number of cyclic esters (lactones) is 1. The maximum Gasteiger partial charge on any atom is 0.377 e. The largest absolute Gasteiger partial charge is 0.495 e. The minimum Gasteiger partial charge on any atom is -0.495 e. The van der Waals surface area contributed by atoms with Gasteiger partial charge in [0.2, 0.25) is 0 Å². The summed E-state index contributed by atoms with van der Waals surface area (Å²) in [5, 5.41) is 2.96. The van der Waals surface area contributed by atoms with Crippen molar-refractivity contribution in [1.82, 2.24) is 0 Å². The Bertz CT molecular complexity index is 540. The van der Waals surface area contributed by atoms with E-state index in [9.17, 15) is 13.6 Å². The Morgan fingerprint density at radius 2 is 2.15 bits per heavy atom. The summed E-state index contributed by atoms with van der Waals surface area (Å²) >= 11 is 6.68. The Labute approximate surface area is 131 Å². The van der Waals surface area contributed by atoms with Gasteiger partial charge in [-0.3, -0.25) is 0 Å². The van der Waals surface area contributed by atoms with Crippen molar-refractivity contribution >= 4 is 43.5 Å². The molecule has 0 saturated carbocycles. The van der Waals surface area contributed by atoms with Gasteiger partial charge in [-0.2, -0.15) is 8.78 Å². The second-order valence-corrected chi connectivity index (χ2v) is 5.99. The Morgan fingerprint density at radius 3 is 2.70 bits per heavy atom. The molecule has 2 rings (SSSR count). The van der Waals surface area contributed by atoms with E-state index in [-0.39, 0.29) is 6.54 Å². The van der Waals surface area contributed by atoms with Crippen molar-refractivity contribution in [3.05, 3.63) is 21.1 Å². The quantitative estimate of drug-likeness (QED) is 0.765. The highest BCUT2D eigenvalue weighted by Gasteiger charge is 2.50. The molecule has 1 aliphatic rings. The van der Waals surface area contributed by atoms with Crippen LogP contribution in [0.4, 0.5) is 14.5 Å². The Balaban J connectivity index is 2.03. The fraction of sp³-hybridized carbons (Fsp3) is 0.417. The number of methoxy groups -OCH3 is 1. The van der Waals surface area contributed by atoms with Crippen LogP contribution < -0.4 is 10.1 Å². The molecule has 8 heteroatoms. The van der Waals surface area contributed by atoms with Crippen LogP contribution >= 0.6 is 31.9 Å². The zero-order chi connectivity index (χ0) is 14.9. The number of alkyl halides is 2. The van der Waals surface area contributed by atoms with E-state index < -0.39 is 24.4 Å². The number of hydrogen-bond acceptors (Lipinski definition) is 4. The molecule has 110 valence electrons. The van der Waals surface area contributed by atoms with Gasteiger partial charge in [0.25, 0.3) is 0 Å². The van der Waals surface area contributed by atoms with Gasteiger partial charge in [-0.05, 0) is 37.9 Å². The highest BCUT2D eigenvalue weighted by atomic mass is 79.9. The Hall–Kier alpha value is -0.890. The van der Waals surface area contributed by atoms with Gasteiger partial charge >= 0.3 is 11.9 Å². The van der Waals surface area contributed by atoms with Crippen LogP contribution in [0.3, 0.4) is 0 Å². The molecule has 4 nitrogen and oxygen atoms in total. The lowest BCUT2D eigenvalue weighted by atomic mass is 10.2. The number of carbonyl (C=O) groups is 1. The van der Waals surface area contributed by atoms with E-state index in [1.54, 1.807) is 12.1 Å². The minimum atomic E-state index is -3.39. The first-order valence-corrected chi connectivity index (χ1v) is 7.28.